The van der Waals surface area contributed by atoms with E-state index in [0.717, 1.165) is 5.56 Å². The molecule has 29 heavy (non-hydrogen) atoms. The van der Waals surface area contributed by atoms with Crippen LogP contribution in [0.25, 0.3) is 0 Å². The van der Waals surface area contributed by atoms with Gasteiger partial charge < -0.3 is 9.47 Å². The summed E-state index contributed by atoms with van der Waals surface area (Å²) in [6, 6.07) is 20.4. The van der Waals surface area contributed by atoms with Crippen LogP contribution < -0.4 is 9.47 Å². The molecule has 3 aromatic carbocycles. The van der Waals surface area contributed by atoms with E-state index in [1.165, 1.54) is 0 Å². The van der Waals surface area contributed by atoms with Crippen molar-refractivity contribution in [2.24, 2.45) is 0 Å². The molecule has 0 aromatic heterocycles. The quantitative estimate of drug-likeness (QED) is 0.561. The molecule has 0 N–H and O–H groups in total. The van der Waals surface area contributed by atoms with Crippen molar-refractivity contribution in [2.75, 3.05) is 6.79 Å². The first-order valence-corrected chi connectivity index (χ1v) is 10.8. The average molecular weight is 408 g/mol. The van der Waals surface area contributed by atoms with Crippen molar-refractivity contribution < 1.29 is 22.7 Å². The number of ketones is 1. The lowest BCUT2D eigenvalue weighted by Gasteiger charge is -2.18. The van der Waals surface area contributed by atoms with Gasteiger partial charge in [-0.1, -0.05) is 54.1 Å². The number of aryl methyl sites for hydroxylation is 1. The lowest BCUT2D eigenvalue weighted by molar-refractivity contribution is 0.0980. The highest BCUT2D eigenvalue weighted by Crippen LogP contribution is 2.39. The molecule has 1 heterocycles. The van der Waals surface area contributed by atoms with E-state index in [9.17, 15) is 13.2 Å². The summed E-state index contributed by atoms with van der Waals surface area (Å²) in [5, 5.41) is -1.03. The van der Waals surface area contributed by atoms with Gasteiger partial charge in [0.05, 0.1) is 10.1 Å². The highest BCUT2D eigenvalue weighted by molar-refractivity contribution is 7.91. The zero-order valence-electron chi connectivity index (χ0n) is 15.9. The molecule has 0 amide bonds. The van der Waals surface area contributed by atoms with Crippen LogP contribution in [-0.2, 0) is 9.84 Å². The van der Waals surface area contributed by atoms with Crippen molar-refractivity contribution in [2.45, 2.75) is 23.5 Å². The molecule has 1 atom stereocenters. The fourth-order valence-corrected chi connectivity index (χ4v) is 5.04. The molecule has 1 aliphatic rings. The zero-order chi connectivity index (χ0) is 20.4. The standard InChI is InChI=1S/C23H20O5S/c1-16-7-10-19(11-8-16)29(25,26)23(14-20(24)17-5-3-2-4-6-17)18-9-12-21-22(13-18)28-15-27-21/h2-13,23H,14-15H2,1H3/t23-/m1/s1. The van der Waals surface area contributed by atoms with Gasteiger partial charge in [-0.2, -0.15) is 0 Å². The van der Waals surface area contributed by atoms with Gasteiger partial charge in [0.1, 0.15) is 0 Å². The third kappa shape index (κ3) is 3.89. The van der Waals surface area contributed by atoms with E-state index in [-0.39, 0.29) is 23.9 Å². The maximum absolute atomic E-state index is 13.5. The van der Waals surface area contributed by atoms with Crippen LogP contribution in [0.5, 0.6) is 11.5 Å². The fourth-order valence-electron chi connectivity index (χ4n) is 3.32. The van der Waals surface area contributed by atoms with Gasteiger partial charge in [0.2, 0.25) is 6.79 Å². The topological polar surface area (TPSA) is 69.7 Å². The second-order valence-electron chi connectivity index (χ2n) is 6.95. The van der Waals surface area contributed by atoms with Crippen molar-refractivity contribution in [1.29, 1.82) is 0 Å². The minimum Gasteiger partial charge on any atom is -0.454 e. The molecule has 148 valence electrons. The van der Waals surface area contributed by atoms with E-state index in [1.807, 2.05) is 13.0 Å². The minimum absolute atomic E-state index is 0.0944. The predicted octanol–water partition coefficient (Wildman–Crippen LogP) is 4.51. The summed E-state index contributed by atoms with van der Waals surface area (Å²) in [7, 11) is -3.81. The summed E-state index contributed by atoms with van der Waals surface area (Å²) in [6.45, 7) is 1.99. The van der Waals surface area contributed by atoms with Gasteiger partial charge in [-0.05, 0) is 36.8 Å². The Balaban J connectivity index is 1.76. The van der Waals surface area contributed by atoms with Gasteiger partial charge in [0, 0.05) is 12.0 Å². The van der Waals surface area contributed by atoms with E-state index in [2.05, 4.69) is 0 Å². The highest BCUT2D eigenvalue weighted by atomic mass is 32.2. The van der Waals surface area contributed by atoms with E-state index in [0.29, 0.717) is 22.6 Å². The predicted molar refractivity (Wildman–Crippen MR) is 109 cm³/mol. The Bertz CT molecular complexity index is 1140. The Labute approximate surface area is 169 Å². The van der Waals surface area contributed by atoms with E-state index in [4.69, 9.17) is 9.47 Å². The number of carbonyl (C=O) groups is 1. The van der Waals surface area contributed by atoms with Gasteiger partial charge in [0.15, 0.2) is 27.1 Å². The summed E-state index contributed by atoms with van der Waals surface area (Å²) in [6.07, 6.45) is -0.167. The van der Waals surface area contributed by atoms with E-state index < -0.39 is 15.1 Å². The average Bonchev–Trinajstić information content (AvgIpc) is 3.20. The van der Waals surface area contributed by atoms with Crippen LogP contribution in [-0.4, -0.2) is 21.0 Å². The van der Waals surface area contributed by atoms with Crippen molar-refractivity contribution >= 4 is 15.6 Å². The Hall–Kier alpha value is -3.12. The van der Waals surface area contributed by atoms with E-state index in [1.54, 1.807) is 66.7 Å². The summed E-state index contributed by atoms with van der Waals surface area (Å²) < 4.78 is 37.7. The van der Waals surface area contributed by atoms with Gasteiger partial charge in [-0.25, -0.2) is 8.42 Å². The van der Waals surface area contributed by atoms with Crippen LogP contribution >= 0.6 is 0 Å². The van der Waals surface area contributed by atoms with Crippen LogP contribution in [0, 0.1) is 6.92 Å². The number of Topliss-reactive ketones (excluding diaryl/α,β-unsaturated/α-hetero) is 1. The molecule has 1 aliphatic heterocycles. The number of fused-ring (bicyclic) bond motifs is 1. The first-order valence-electron chi connectivity index (χ1n) is 9.23. The molecule has 3 aromatic rings. The number of sulfone groups is 1. The monoisotopic (exact) mass is 408 g/mol. The molecule has 4 rings (SSSR count). The molecule has 0 fully saturated rings. The molecule has 0 saturated carbocycles. The molecule has 5 nitrogen and oxygen atoms in total. The maximum atomic E-state index is 13.5. The van der Waals surface area contributed by atoms with Crippen LogP contribution in [0.3, 0.4) is 0 Å². The lowest BCUT2D eigenvalue weighted by Crippen LogP contribution is -2.18. The molecule has 0 bridgehead atoms. The zero-order valence-corrected chi connectivity index (χ0v) is 16.7. The summed E-state index contributed by atoms with van der Waals surface area (Å²) in [4.78, 5) is 13.1. The third-order valence-corrected chi connectivity index (χ3v) is 7.08. The molecular formula is C23H20O5S. The number of ether oxygens (including phenoxy) is 2. The summed E-state index contributed by atoms with van der Waals surface area (Å²) >= 11 is 0. The largest absolute Gasteiger partial charge is 0.454 e. The van der Waals surface area contributed by atoms with Gasteiger partial charge >= 0.3 is 0 Å². The Morgan fingerprint density at radius 1 is 0.931 bits per heavy atom. The summed E-state index contributed by atoms with van der Waals surface area (Å²) in [5.74, 6) is 0.817. The molecule has 0 saturated heterocycles. The Morgan fingerprint density at radius 2 is 1.62 bits per heavy atom. The molecular weight excluding hydrogens is 388 g/mol. The smallest absolute Gasteiger partial charge is 0.231 e. The van der Waals surface area contributed by atoms with Gasteiger partial charge in [-0.15, -0.1) is 0 Å². The normalized spacial score (nSPS) is 13.8. The SMILES string of the molecule is Cc1ccc(S(=O)(=O)[C@H](CC(=O)c2ccccc2)c2ccc3c(c2)OCO3)cc1. The number of benzene rings is 3. The lowest BCUT2D eigenvalue weighted by atomic mass is 10.0. The van der Waals surface area contributed by atoms with Crippen molar-refractivity contribution in [3.8, 4) is 11.5 Å². The van der Waals surface area contributed by atoms with Crippen molar-refractivity contribution in [3.63, 3.8) is 0 Å². The maximum Gasteiger partial charge on any atom is 0.231 e. The molecule has 0 aliphatic carbocycles. The fraction of sp³-hybridized carbons (Fsp3) is 0.174. The molecule has 0 radical (unpaired) electrons. The number of hydrogen-bond donors (Lipinski definition) is 0. The second kappa shape index (κ2) is 7.72. The third-order valence-electron chi connectivity index (χ3n) is 4.96. The van der Waals surface area contributed by atoms with Crippen LogP contribution in [0.1, 0.15) is 33.2 Å². The first-order chi connectivity index (χ1) is 13.9. The Morgan fingerprint density at radius 3 is 2.34 bits per heavy atom. The highest BCUT2D eigenvalue weighted by Gasteiger charge is 2.32. The van der Waals surface area contributed by atoms with Crippen LogP contribution in [0.4, 0.5) is 0 Å². The molecule has 6 heteroatoms. The van der Waals surface area contributed by atoms with Gasteiger partial charge in [0.25, 0.3) is 0 Å². The van der Waals surface area contributed by atoms with Crippen molar-refractivity contribution in [1.82, 2.24) is 0 Å². The van der Waals surface area contributed by atoms with E-state index >= 15 is 0 Å². The molecule has 0 unspecified atom stereocenters. The number of carbonyl (C=O) groups excluding carboxylic acids is 1. The van der Waals surface area contributed by atoms with Crippen LogP contribution in [0.15, 0.2) is 77.7 Å². The number of hydrogen-bond acceptors (Lipinski definition) is 5. The van der Waals surface area contributed by atoms with Crippen molar-refractivity contribution in [3.05, 3.63) is 89.5 Å². The number of rotatable bonds is 6. The first kappa shape index (κ1) is 19.2. The minimum atomic E-state index is -3.81. The van der Waals surface area contributed by atoms with Gasteiger partial charge in [-0.3, -0.25) is 4.79 Å². The molecule has 0 spiro atoms. The second-order valence-corrected chi connectivity index (χ2v) is 9.08. The summed E-state index contributed by atoms with van der Waals surface area (Å²) in [5.41, 5.74) is 1.94. The van der Waals surface area contributed by atoms with Crippen LogP contribution in [0.2, 0.25) is 0 Å². The Kier molecular flexibility index (Phi) is 5.11.